The topological polar surface area (TPSA) is 32.3 Å². The average molecular weight is 283 g/mol. The number of hydrogen-bond acceptors (Lipinski definition) is 4. The van der Waals surface area contributed by atoms with Gasteiger partial charge in [0.2, 0.25) is 0 Å². The normalized spacial score (nSPS) is 20.2. The van der Waals surface area contributed by atoms with Gasteiger partial charge in [0.1, 0.15) is 17.3 Å². The molecule has 0 saturated carbocycles. The van der Waals surface area contributed by atoms with Crippen molar-refractivity contribution < 1.29 is 0 Å². The van der Waals surface area contributed by atoms with Gasteiger partial charge in [-0.3, -0.25) is 0 Å². The lowest BCUT2D eigenvalue weighted by Crippen LogP contribution is -2.37. The molecule has 0 radical (unpaired) electrons. The Morgan fingerprint density at radius 1 is 1.47 bits per heavy atom. The zero-order valence-corrected chi connectivity index (χ0v) is 13.0. The van der Waals surface area contributed by atoms with Crippen LogP contribution in [-0.2, 0) is 0 Å². The number of likely N-dealkylation sites (N-methyl/N-ethyl adjacent to an activating group) is 2. The van der Waals surface area contributed by atoms with Gasteiger partial charge in [-0.05, 0) is 32.4 Å². The molecule has 1 fully saturated rings. The fraction of sp³-hybridized carbons (Fsp3) is 0.714. The van der Waals surface area contributed by atoms with E-state index in [0.717, 1.165) is 17.9 Å². The van der Waals surface area contributed by atoms with Gasteiger partial charge in [-0.2, -0.15) is 0 Å². The fourth-order valence-corrected chi connectivity index (χ4v) is 3.13. The van der Waals surface area contributed by atoms with Gasteiger partial charge in [-0.1, -0.05) is 25.4 Å². The van der Waals surface area contributed by atoms with E-state index in [-0.39, 0.29) is 0 Å². The van der Waals surface area contributed by atoms with Crippen molar-refractivity contribution in [2.75, 3.05) is 32.1 Å². The Balaban J connectivity index is 2.19. The molecule has 106 valence electrons. The Morgan fingerprint density at radius 2 is 2.21 bits per heavy atom. The summed E-state index contributed by atoms with van der Waals surface area (Å²) in [6.07, 6.45) is 4.10. The first-order valence-corrected chi connectivity index (χ1v) is 7.30. The molecule has 1 atom stereocenters. The van der Waals surface area contributed by atoms with E-state index in [1.54, 1.807) is 6.33 Å². The van der Waals surface area contributed by atoms with Crippen LogP contribution >= 0.6 is 11.6 Å². The van der Waals surface area contributed by atoms with Crippen LogP contribution in [0, 0.1) is 0 Å². The zero-order chi connectivity index (χ0) is 14.0. The highest BCUT2D eigenvalue weighted by atomic mass is 35.5. The van der Waals surface area contributed by atoms with Gasteiger partial charge in [-0.15, -0.1) is 0 Å². The molecule has 1 aromatic rings. The minimum absolute atomic E-state index is 0.326. The highest BCUT2D eigenvalue weighted by Gasteiger charge is 2.24. The first kappa shape index (κ1) is 14.5. The van der Waals surface area contributed by atoms with Crippen LogP contribution in [0.3, 0.4) is 0 Å². The Morgan fingerprint density at radius 3 is 2.79 bits per heavy atom. The molecule has 0 N–H and O–H groups in total. The maximum absolute atomic E-state index is 6.23. The predicted molar refractivity (Wildman–Crippen MR) is 80.1 cm³/mol. The largest absolute Gasteiger partial charge is 0.358 e. The molecular formula is C14H23ClN4. The van der Waals surface area contributed by atoms with Gasteiger partial charge in [0.15, 0.2) is 0 Å². The molecule has 0 aliphatic carbocycles. The summed E-state index contributed by atoms with van der Waals surface area (Å²) in [6, 6.07) is 0.610. The molecule has 0 bridgehead atoms. The van der Waals surface area contributed by atoms with Crippen molar-refractivity contribution in [3.8, 4) is 0 Å². The van der Waals surface area contributed by atoms with E-state index in [1.165, 1.54) is 19.4 Å². The number of anilines is 1. The number of nitrogens with zero attached hydrogens (tertiary/aromatic N) is 4. The van der Waals surface area contributed by atoms with Crippen LogP contribution in [0.1, 0.15) is 38.2 Å². The van der Waals surface area contributed by atoms with Crippen molar-refractivity contribution in [2.24, 2.45) is 0 Å². The first-order valence-electron chi connectivity index (χ1n) is 6.92. The Labute approximate surface area is 120 Å². The molecule has 0 amide bonds. The van der Waals surface area contributed by atoms with Gasteiger partial charge in [0.05, 0.1) is 0 Å². The Hall–Kier alpha value is -0.870. The van der Waals surface area contributed by atoms with Crippen LogP contribution in [0.15, 0.2) is 6.33 Å². The quantitative estimate of drug-likeness (QED) is 0.795. The van der Waals surface area contributed by atoms with Crippen molar-refractivity contribution >= 4 is 17.4 Å². The summed E-state index contributed by atoms with van der Waals surface area (Å²) >= 11 is 6.23. The molecule has 1 saturated heterocycles. The molecule has 1 unspecified atom stereocenters. The van der Waals surface area contributed by atoms with Crippen LogP contribution < -0.4 is 4.90 Å². The van der Waals surface area contributed by atoms with Gasteiger partial charge in [-0.25, -0.2) is 9.97 Å². The Kier molecular flexibility index (Phi) is 4.63. The van der Waals surface area contributed by atoms with Crippen LogP contribution in [0.2, 0.25) is 5.15 Å². The third-order valence-corrected chi connectivity index (χ3v) is 4.21. The van der Waals surface area contributed by atoms with E-state index in [4.69, 9.17) is 11.6 Å². The maximum atomic E-state index is 6.23. The molecule has 1 aliphatic rings. The van der Waals surface area contributed by atoms with E-state index < -0.39 is 0 Å². The highest BCUT2D eigenvalue weighted by molar-refractivity contribution is 6.30. The van der Waals surface area contributed by atoms with Gasteiger partial charge in [0.25, 0.3) is 0 Å². The summed E-state index contributed by atoms with van der Waals surface area (Å²) in [7, 11) is 4.29. The predicted octanol–water partition coefficient (Wildman–Crippen LogP) is 2.78. The van der Waals surface area contributed by atoms with Crippen molar-refractivity contribution in [3.63, 3.8) is 0 Å². The standard InChI is InChI=1S/C14H23ClN4/c1-10(2)12-13(15)16-9-17-14(12)19(4)8-11-6-5-7-18(11)3/h9-11H,5-8H2,1-4H3. The van der Waals surface area contributed by atoms with Crippen LogP contribution in [0.25, 0.3) is 0 Å². The smallest absolute Gasteiger partial charge is 0.138 e. The van der Waals surface area contributed by atoms with E-state index in [0.29, 0.717) is 17.1 Å². The van der Waals surface area contributed by atoms with Crippen LogP contribution in [-0.4, -0.2) is 48.1 Å². The second-order valence-corrected chi connectivity index (χ2v) is 6.07. The van der Waals surface area contributed by atoms with Gasteiger partial charge >= 0.3 is 0 Å². The number of rotatable bonds is 4. The van der Waals surface area contributed by atoms with Crippen LogP contribution in [0.5, 0.6) is 0 Å². The van der Waals surface area contributed by atoms with E-state index in [2.05, 4.69) is 47.7 Å². The monoisotopic (exact) mass is 282 g/mol. The zero-order valence-electron chi connectivity index (χ0n) is 12.2. The second kappa shape index (κ2) is 6.06. The summed E-state index contributed by atoms with van der Waals surface area (Å²) in [6.45, 7) is 6.44. The summed E-state index contributed by atoms with van der Waals surface area (Å²) in [5.74, 6) is 1.29. The molecular weight excluding hydrogens is 260 g/mol. The molecule has 2 heterocycles. The lowest BCUT2D eigenvalue weighted by atomic mass is 10.1. The molecule has 0 spiro atoms. The third-order valence-electron chi connectivity index (χ3n) is 3.91. The van der Waals surface area contributed by atoms with Crippen molar-refractivity contribution in [1.82, 2.24) is 14.9 Å². The molecule has 19 heavy (non-hydrogen) atoms. The van der Waals surface area contributed by atoms with E-state index >= 15 is 0 Å². The van der Waals surface area contributed by atoms with E-state index in [1.807, 2.05) is 0 Å². The number of hydrogen-bond donors (Lipinski definition) is 0. The van der Waals surface area contributed by atoms with Gasteiger partial charge in [0, 0.05) is 25.2 Å². The molecule has 1 aromatic heterocycles. The molecule has 1 aliphatic heterocycles. The fourth-order valence-electron chi connectivity index (χ4n) is 2.78. The maximum Gasteiger partial charge on any atom is 0.138 e. The minimum atomic E-state index is 0.326. The number of likely N-dealkylation sites (tertiary alicyclic amines) is 1. The summed E-state index contributed by atoms with van der Waals surface area (Å²) < 4.78 is 0. The summed E-state index contributed by atoms with van der Waals surface area (Å²) in [5.41, 5.74) is 1.05. The second-order valence-electron chi connectivity index (χ2n) is 5.71. The molecule has 0 aromatic carbocycles. The number of halogens is 1. The van der Waals surface area contributed by atoms with Crippen molar-refractivity contribution in [3.05, 3.63) is 17.0 Å². The molecule has 4 nitrogen and oxygen atoms in total. The Bertz CT molecular complexity index is 435. The van der Waals surface area contributed by atoms with E-state index in [9.17, 15) is 0 Å². The van der Waals surface area contributed by atoms with Gasteiger partial charge < -0.3 is 9.80 Å². The first-order chi connectivity index (χ1) is 9.00. The third kappa shape index (κ3) is 3.18. The SMILES string of the molecule is CC(C)c1c(Cl)ncnc1N(C)CC1CCCN1C. The summed E-state index contributed by atoms with van der Waals surface area (Å²) in [4.78, 5) is 13.2. The minimum Gasteiger partial charge on any atom is -0.358 e. The summed E-state index contributed by atoms with van der Waals surface area (Å²) in [5, 5.41) is 0.576. The average Bonchev–Trinajstić information content (AvgIpc) is 2.74. The number of aromatic nitrogens is 2. The van der Waals surface area contributed by atoms with Crippen molar-refractivity contribution in [2.45, 2.75) is 38.6 Å². The van der Waals surface area contributed by atoms with Crippen molar-refractivity contribution in [1.29, 1.82) is 0 Å². The highest BCUT2D eigenvalue weighted by Crippen LogP contribution is 2.30. The molecule has 2 rings (SSSR count). The molecule has 5 heteroatoms. The lowest BCUT2D eigenvalue weighted by molar-refractivity contribution is 0.314. The van der Waals surface area contributed by atoms with Crippen LogP contribution in [0.4, 0.5) is 5.82 Å². The lowest BCUT2D eigenvalue weighted by Gasteiger charge is -2.28.